The predicted molar refractivity (Wildman–Crippen MR) is 63.8 cm³/mol. The van der Waals surface area contributed by atoms with Crippen LogP contribution in [-0.4, -0.2) is 35.8 Å². The molecule has 1 amide bonds. The highest BCUT2D eigenvalue weighted by molar-refractivity contribution is 5.71. The molecule has 0 fully saturated rings. The zero-order valence-corrected chi connectivity index (χ0v) is 9.45. The Hall–Kier alpha value is -1.81. The Morgan fingerprint density at radius 3 is 2.88 bits per heavy atom. The van der Waals surface area contributed by atoms with Gasteiger partial charge in [-0.05, 0) is 12.1 Å². The topological polar surface area (TPSA) is 49.8 Å². The molecule has 4 nitrogen and oxygen atoms in total. The van der Waals surface area contributed by atoms with E-state index >= 15 is 0 Å². The first-order valence-corrected chi connectivity index (χ1v) is 5.59. The van der Waals surface area contributed by atoms with Gasteiger partial charge in [-0.25, -0.2) is 4.79 Å². The molecule has 0 spiro atoms. The molecule has 0 unspecified atom stereocenters. The summed E-state index contributed by atoms with van der Waals surface area (Å²) >= 11 is 0. The number of para-hydroxylation sites is 1. The summed E-state index contributed by atoms with van der Waals surface area (Å²) < 4.78 is 5.22. The van der Waals surface area contributed by atoms with Crippen molar-refractivity contribution in [2.24, 2.45) is 5.92 Å². The maximum atomic E-state index is 11.8. The van der Waals surface area contributed by atoms with Gasteiger partial charge in [-0.1, -0.05) is 30.4 Å². The zero-order valence-electron chi connectivity index (χ0n) is 9.45. The van der Waals surface area contributed by atoms with Crippen LogP contribution >= 0.6 is 0 Å². The van der Waals surface area contributed by atoms with Gasteiger partial charge in [0.2, 0.25) is 0 Å². The minimum atomic E-state index is -0.376. The summed E-state index contributed by atoms with van der Waals surface area (Å²) in [6.45, 7) is 1.08. The number of benzene rings is 1. The first kappa shape index (κ1) is 11.7. The highest BCUT2D eigenvalue weighted by atomic mass is 16.6. The highest BCUT2D eigenvalue weighted by Crippen LogP contribution is 2.13. The Balaban J connectivity index is 1.95. The molecule has 1 aromatic rings. The second-order valence-electron chi connectivity index (χ2n) is 3.96. The van der Waals surface area contributed by atoms with Crippen LogP contribution in [0, 0.1) is 5.92 Å². The lowest BCUT2D eigenvalue weighted by Crippen LogP contribution is -2.40. The second kappa shape index (κ2) is 5.50. The van der Waals surface area contributed by atoms with Gasteiger partial charge in [-0.15, -0.1) is 0 Å². The average molecular weight is 233 g/mol. The maximum Gasteiger partial charge on any atom is 0.415 e. The van der Waals surface area contributed by atoms with Crippen molar-refractivity contribution in [2.75, 3.05) is 19.7 Å². The SMILES string of the molecule is O=C(Oc1ccccc1)N1CC=C[C@H](CO)C1. The molecule has 1 heterocycles. The highest BCUT2D eigenvalue weighted by Gasteiger charge is 2.21. The summed E-state index contributed by atoms with van der Waals surface area (Å²) in [6, 6.07) is 8.97. The van der Waals surface area contributed by atoms with E-state index in [2.05, 4.69) is 0 Å². The Morgan fingerprint density at radius 2 is 2.18 bits per heavy atom. The van der Waals surface area contributed by atoms with E-state index in [0.29, 0.717) is 18.8 Å². The lowest BCUT2D eigenvalue weighted by Gasteiger charge is -2.26. The van der Waals surface area contributed by atoms with Gasteiger partial charge in [-0.2, -0.15) is 0 Å². The number of amides is 1. The first-order chi connectivity index (χ1) is 8.29. The van der Waals surface area contributed by atoms with Gasteiger partial charge in [0.15, 0.2) is 0 Å². The van der Waals surface area contributed by atoms with E-state index < -0.39 is 0 Å². The van der Waals surface area contributed by atoms with E-state index in [1.54, 1.807) is 17.0 Å². The molecule has 1 aromatic carbocycles. The van der Waals surface area contributed by atoms with Crippen molar-refractivity contribution in [3.05, 3.63) is 42.5 Å². The molecular formula is C13H15NO3. The van der Waals surface area contributed by atoms with E-state index in [-0.39, 0.29) is 18.6 Å². The second-order valence-corrected chi connectivity index (χ2v) is 3.96. The number of carbonyl (C=O) groups excluding carboxylic acids is 1. The van der Waals surface area contributed by atoms with Crippen LogP contribution in [0.3, 0.4) is 0 Å². The molecule has 90 valence electrons. The van der Waals surface area contributed by atoms with Gasteiger partial charge in [0, 0.05) is 19.0 Å². The van der Waals surface area contributed by atoms with Crippen molar-refractivity contribution >= 4 is 6.09 Å². The molecular weight excluding hydrogens is 218 g/mol. The summed E-state index contributed by atoms with van der Waals surface area (Å²) in [4.78, 5) is 13.4. The number of carbonyl (C=O) groups is 1. The predicted octanol–water partition coefficient (Wildman–Crippen LogP) is 1.67. The Bertz CT molecular complexity index is 402. The van der Waals surface area contributed by atoms with Gasteiger partial charge in [-0.3, -0.25) is 0 Å². The standard InChI is InChI=1S/C13H15NO3/c15-10-11-5-4-8-14(9-11)13(16)17-12-6-2-1-3-7-12/h1-7,11,15H,8-10H2/t11-/m0/s1. The number of rotatable bonds is 2. The molecule has 17 heavy (non-hydrogen) atoms. The Morgan fingerprint density at radius 1 is 1.41 bits per heavy atom. The van der Waals surface area contributed by atoms with Crippen LogP contribution < -0.4 is 4.74 Å². The van der Waals surface area contributed by atoms with E-state index in [1.807, 2.05) is 30.4 Å². The molecule has 4 heteroatoms. The minimum absolute atomic E-state index is 0.00655. The van der Waals surface area contributed by atoms with Crippen molar-refractivity contribution in [1.82, 2.24) is 4.90 Å². The summed E-state index contributed by atoms with van der Waals surface area (Å²) in [5, 5.41) is 9.05. The Kier molecular flexibility index (Phi) is 3.77. The molecule has 1 aliphatic heterocycles. The molecule has 0 aromatic heterocycles. The van der Waals surface area contributed by atoms with E-state index in [9.17, 15) is 4.79 Å². The van der Waals surface area contributed by atoms with Crippen molar-refractivity contribution in [3.8, 4) is 5.75 Å². The normalized spacial score (nSPS) is 19.1. The number of nitrogens with zero attached hydrogens (tertiary/aromatic N) is 1. The number of ether oxygens (including phenoxy) is 1. The fraction of sp³-hybridized carbons (Fsp3) is 0.308. The quantitative estimate of drug-likeness (QED) is 0.790. The van der Waals surface area contributed by atoms with Crippen LogP contribution in [0.25, 0.3) is 0 Å². The average Bonchev–Trinajstić information content (AvgIpc) is 2.40. The first-order valence-electron chi connectivity index (χ1n) is 5.59. The molecule has 1 N–H and O–H groups in total. The van der Waals surface area contributed by atoms with Gasteiger partial charge in [0.1, 0.15) is 5.75 Å². The summed E-state index contributed by atoms with van der Waals surface area (Å²) in [7, 11) is 0. The van der Waals surface area contributed by atoms with Crippen molar-refractivity contribution in [1.29, 1.82) is 0 Å². The fourth-order valence-corrected chi connectivity index (χ4v) is 1.72. The Labute approximate surface area is 100 Å². The van der Waals surface area contributed by atoms with Gasteiger partial charge < -0.3 is 14.7 Å². The summed E-state index contributed by atoms with van der Waals surface area (Å²) in [6.07, 6.45) is 3.42. The molecule has 1 aliphatic rings. The van der Waals surface area contributed by atoms with Gasteiger partial charge >= 0.3 is 6.09 Å². The lowest BCUT2D eigenvalue weighted by atomic mass is 10.1. The largest absolute Gasteiger partial charge is 0.415 e. The zero-order chi connectivity index (χ0) is 12.1. The van der Waals surface area contributed by atoms with Gasteiger partial charge in [0.25, 0.3) is 0 Å². The molecule has 0 saturated heterocycles. The van der Waals surface area contributed by atoms with Crippen molar-refractivity contribution < 1.29 is 14.6 Å². The number of hydrogen-bond donors (Lipinski definition) is 1. The molecule has 0 saturated carbocycles. The summed E-state index contributed by atoms with van der Waals surface area (Å²) in [5.74, 6) is 0.541. The molecule has 1 atom stereocenters. The van der Waals surface area contributed by atoms with Gasteiger partial charge in [0.05, 0.1) is 6.61 Å². The molecule has 0 radical (unpaired) electrons. The third kappa shape index (κ3) is 3.07. The smallest absolute Gasteiger partial charge is 0.410 e. The third-order valence-electron chi connectivity index (χ3n) is 2.63. The molecule has 0 aliphatic carbocycles. The van der Waals surface area contributed by atoms with E-state index in [1.165, 1.54) is 0 Å². The fourth-order valence-electron chi connectivity index (χ4n) is 1.72. The maximum absolute atomic E-state index is 11.8. The van der Waals surface area contributed by atoms with Crippen molar-refractivity contribution in [2.45, 2.75) is 0 Å². The van der Waals surface area contributed by atoms with Crippen LogP contribution in [0.2, 0.25) is 0 Å². The van der Waals surface area contributed by atoms with Crippen molar-refractivity contribution in [3.63, 3.8) is 0 Å². The number of aliphatic hydroxyl groups excluding tert-OH is 1. The van der Waals surface area contributed by atoms with Crippen LogP contribution in [-0.2, 0) is 0 Å². The molecule has 2 rings (SSSR count). The summed E-state index contributed by atoms with van der Waals surface area (Å²) in [5.41, 5.74) is 0. The number of aliphatic hydroxyl groups is 1. The van der Waals surface area contributed by atoms with Crippen LogP contribution in [0.15, 0.2) is 42.5 Å². The number of hydrogen-bond acceptors (Lipinski definition) is 3. The molecule has 0 bridgehead atoms. The van der Waals surface area contributed by atoms with Crippen LogP contribution in [0.1, 0.15) is 0 Å². The minimum Gasteiger partial charge on any atom is -0.410 e. The van der Waals surface area contributed by atoms with Crippen LogP contribution in [0.5, 0.6) is 5.75 Å². The third-order valence-corrected chi connectivity index (χ3v) is 2.63. The van der Waals surface area contributed by atoms with E-state index in [0.717, 1.165) is 0 Å². The van der Waals surface area contributed by atoms with E-state index in [4.69, 9.17) is 9.84 Å². The lowest BCUT2D eigenvalue weighted by molar-refractivity contribution is 0.139. The monoisotopic (exact) mass is 233 g/mol. The van der Waals surface area contributed by atoms with Crippen LogP contribution in [0.4, 0.5) is 4.79 Å².